The van der Waals surface area contributed by atoms with Crippen molar-refractivity contribution in [3.05, 3.63) is 59.7 Å². The lowest BCUT2D eigenvalue weighted by atomic mass is 10.2. The molecule has 0 saturated carbocycles. The molecule has 0 atom stereocenters. The summed E-state index contributed by atoms with van der Waals surface area (Å²) in [4.78, 5) is 24.5. The highest BCUT2D eigenvalue weighted by Crippen LogP contribution is 2.30. The first kappa shape index (κ1) is 26.6. The molecule has 2 amide bonds. The third kappa shape index (κ3) is 7.00. The lowest BCUT2D eigenvalue weighted by Gasteiger charge is -2.11. The van der Waals surface area contributed by atoms with E-state index < -0.39 is 33.6 Å². The van der Waals surface area contributed by atoms with Crippen LogP contribution in [-0.2, 0) is 21.0 Å². The Morgan fingerprint density at radius 3 is 2.20 bits per heavy atom. The standard InChI is InChI=1S/C20H18F3N5O4S3/c1-28(2)35(31,32)15-9-3-12(4-10-15)17(30)25-18-26-27-19(34-18)33-11-16(29)24-14-7-5-13(6-8-14)20(21,22)23/h3-10H,11H2,1-2H3,(H,24,29)(H,25,26,30). The number of hydrogen-bond acceptors (Lipinski definition) is 8. The van der Waals surface area contributed by atoms with Crippen LogP contribution in [0.1, 0.15) is 15.9 Å². The summed E-state index contributed by atoms with van der Waals surface area (Å²) >= 11 is 2.06. The second-order valence-electron chi connectivity index (χ2n) is 7.05. The summed E-state index contributed by atoms with van der Waals surface area (Å²) < 4.78 is 63.5. The van der Waals surface area contributed by atoms with Gasteiger partial charge in [-0.1, -0.05) is 23.1 Å². The van der Waals surface area contributed by atoms with Gasteiger partial charge in [0.25, 0.3) is 5.91 Å². The van der Waals surface area contributed by atoms with Gasteiger partial charge in [0, 0.05) is 25.3 Å². The number of carbonyl (C=O) groups excluding carboxylic acids is 2. The normalized spacial score (nSPS) is 11.9. The maximum Gasteiger partial charge on any atom is 0.416 e. The van der Waals surface area contributed by atoms with Crippen molar-refractivity contribution in [1.29, 1.82) is 0 Å². The molecule has 0 aliphatic carbocycles. The summed E-state index contributed by atoms with van der Waals surface area (Å²) in [6.07, 6.45) is -4.46. The first-order valence-corrected chi connectivity index (χ1v) is 12.9. The van der Waals surface area contributed by atoms with E-state index in [-0.39, 0.29) is 27.0 Å². The molecule has 3 aromatic rings. The topological polar surface area (TPSA) is 121 Å². The van der Waals surface area contributed by atoms with Crippen LogP contribution in [0.2, 0.25) is 0 Å². The molecule has 1 heterocycles. The third-order valence-electron chi connectivity index (χ3n) is 4.34. The average Bonchev–Trinajstić information content (AvgIpc) is 3.24. The van der Waals surface area contributed by atoms with Gasteiger partial charge in [-0.05, 0) is 48.5 Å². The second-order valence-corrected chi connectivity index (χ2v) is 11.4. The molecule has 0 unspecified atom stereocenters. The zero-order valence-corrected chi connectivity index (χ0v) is 20.6. The number of anilines is 2. The van der Waals surface area contributed by atoms with Gasteiger partial charge in [0.1, 0.15) is 0 Å². The minimum Gasteiger partial charge on any atom is -0.325 e. The van der Waals surface area contributed by atoms with Gasteiger partial charge in [-0.15, -0.1) is 10.2 Å². The minimum atomic E-state index is -4.46. The molecule has 3 rings (SSSR count). The van der Waals surface area contributed by atoms with Crippen LogP contribution in [0.25, 0.3) is 0 Å². The zero-order chi connectivity index (χ0) is 25.8. The van der Waals surface area contributed by atoms with E-state index in [9.17, 15) is 31.2 Å². The number of nitrogens with one attached hydrogen (secondary N) is 2. The lowest BCUT2D eigenvalue weighted by Crippen LogP contribution is -2.22. The van der Waals surface area contributed by atoms with Gasteiger partial charge in [-0.25, -0.2) is 12.7 Å². The van der Waals surface area contributed by atoms with E-state index in [1.165, 1.54) is 38.4 Å². The van der Waals surface area contributed by atoms with Gasteiger partial charge in [-0.3, -0.25) is 14.9 Å². The minimum absolute atomic E-state index is 0.0447. The molecule has 2 N–H and O–H groups in total. The van der Waals surface area contributed by atoms with Crippen molar-refractivity contribution in [3.8, 4) is 0 Å². The van der Waals surface area contributed by atoms with E-state index >= 15 is 0 Å². The van der Waals surface area contributed by atoms with Crippen LogP contribution in [0.4, 0.5) is 24.0 Å². The number of benzene rings is 2. The number of halogens is 3. The van der Waals surface area contributed by atoms with Crippen LogP contribution in [0.5, 0.6) is 0 Å². The quantitative estimate of drug-likeness (QED) is 0.326. The van der Waals surface area contributed by atoms with Crippen LogP contribution in [0, 0.1) is 0 Å². The third-order valence-corrected chi connectivity index (χ3v) is 8.15. The molecule has 1 aromatic heterocycles. The molecule has 0 bridgehead atoms. The summed E-state index contributed by atoms with van der Waals surface area (Å²) in [6.45, 7) is 0. The smallest absolute Gasteiger partial charge is 0.325 e. The van der Waals surface area contributed by atoms with Crippen LogP contribution in [-0.4, -0.2) is 54.6 Å². The van der Waals surface area contributed by atoms with Crippen molar-refractivity contribution in [2.45, 2.75) is 15.4 Å². The van der Waals surface area contributed by atoms with Gasteiger partial charge in [0.15, 0.2) is 4.34 Å². The number of aromatic nitrogens is 2. The Bertz CT molecular complexity index is 1310. The summed E-state index contributed by atoms with van der Waals surface area (Å²) in [5.41, 5.74) is -0.385. The van der Waals surface area contributed by atoms with Crippen LogP contribution < -0.4 is 10.6 Å². The molecular formula is C20H18F3N5O4S3. The Hall–Kier alpha value is -3.01. The fourth-order valence-electron chi connectivity index (χ4n) is 2.54. The fraction of sp³-hybridized carbons (Fsp3) is 0.200. The predicted molar refractivity (Wildman–Crippen MR) is 126 cm³/mol. The van der Waals surface area contributed by atoms with E-state index in [2.05, 4.69) is 20.8 Å². The van der Waals surface area contributed by atoms with Gasteiger partial charge >= 0.3 is 6.18 Å². The zero-order valence-electron chi connectivity index (χ0n) is 18.2. The predicted octanol–water partition coefficient (Wildman–Crippen LogP) is 3.79. The Morgan fingerprint density at radius 2 is 1.63 bits per heavy atom. The molecule has 0 saturated heterocycles. The number of rotatable bonds is 8. The molecule has 0 spiro atoms. The second kappa shape index (κ2) is 10.7. The van der Waals surface area contributed by atoms with Crippen LogP contribution in [0.15, 0.2) is 57.8 Å². The number of hydrogen-bond donors (Lipinski definition) is 2. The van der Waals surface area contributed by atoms with Gasteiger partial charge < -0.3 is 5.32 Å². The SMILES string of the molecule is CN(C)S(=O)(=O)c1ccc(C(=O)Nc2nnc(SCC(=O)Nc3ccc(C(F)(F)F)cc3)s2)cc1. The van der Waals surface area contributed by atoms with E-state index in [4.69, 9.17) is 0 Å². The number of thioether (sulfide) groups is 1. The van der Waals surface area contributed by atoms with E-state index in [0.717, 1.165) is 51.7 Å². The van der Waals surface area contributed by atoms with E-state index in [0.29, 0.717) is 4.34 Å². The number of alkyl halides is 3. The van der Waals surface area contributed by atoms with E-state index in [1.807, 2.05) is 0 Å². The first-order valence-electron chi connectivity index (χ1n) is 9.63. The Labute approximate surface area is 206 Å². The van der Waals surface area contributed by atoms with Crippen molar-refractivity contribution in [2.24, 2.45) is 0 Å². The number of carbonyl (C=O) groups is 2. The first-order chi connectivity index (χ1) is 16.4. The molecule has 0 radical (unpaired) electrons. The molecular weight excluding hydrogens is 527 g/mol. The molecule has 0 fully saturated rings. The van der Waals surface area contributed by atoms with Gasteiger partial charge in [-0.2, -0.15) is 13.2 Å². The monoisotopic (exact) mass is 545 g/mol. The van der Waals surface area contributed by atoms with Crippen molar-refractivity contribution in [2.75, 3.05) is 30.5 Å². The molecule has 15 heteroatoms. The Morgan fingerprint density at radius 1 is 1.00 bits per heavy atom. The molecule has 9 nitrogen and oxygen atoms in total. The molecule has 0 aliphatic heterocycles. The number of sulfonamides is 1. The highest BCUT2D eigenvalue weighted by molar-refractivity contribution is 8.01. The van der Waals surface area contributed by atoms with Crippen LogP contribution in [0.3, 0.4) is 0 Å². The molecule has 2 aromatic carbocycles. The summed E-state index contributed by atoms with van der Waals surface area (Å²) in [7, 11) is -0.811. The number of nitrogens with zero attached hydrogens (tertiary/aromatic N) is 3. The van der Waals surface area contributed by atoms with E-state index in [1.54, 1.807) is 0 Å². The number of amides is 2. The maximum atomic E-state index is 12.6. The fourth-order valence-corrected chi connectivity index (χ4v) is 4.99. The van der Waals surface area contributed by atoms with Crippen molar-refractivity contribution in [1.82, 2.24) is 14.5 Å². The molecule has 186 valence electrons. The summed E-state index contributed by atoms with van der Waals surface area (Å²) in [6, 6.07) is 9.44. The van der Waals surface area contributed by atoms with Crippen molar-refractivity contribution in [3.63, 3.8) is 0 Å². The lowest BCUT2D eigenvalue weighted by molar-refractivity contribution is -0.137. The van der Waals surface area contributed by atoms with Crippen molar-refractivity contribution >= 4 is 55.8 Å². The largest absolute Gasteiger partial charge is 0.416 e. The van der Waals surface area contributed by atoms with Crippen LogP contribution >= 0.6 is 23.1 Å². The highest BCUT2D eigenvalue weighted by Gasteiger charge is 2.30. The highest BCUT2D eigenvalue weighted by atomic mass is 32.2. The van der Waals surface area contributed by atoms with Gasteiger partial charge in [0.05, 0.1) is 16.2 Å². The molecule has 35 heavy (non-hydrogen) atoms. The summed E-state index contributed by atoms with van der Waals surface area (Å²) in [5.74, 6) is -1.05. The van der Waals surface area contributed by atoms with Gasteiger partial charge in [0.2, 0.25) is 21.1 Å². The average molecular weight is 546 g/mol. The Balaban J connectivity index is 1.52. The summed E-state index contributed by atoms with van der Waals surface area (Å²) in [5, 5.41) is 12.9. The molecule has 0 aliphatic rings. The Kier molecular flexibility index (Phi) is 8.15. The van der Waals surface area contributed by atoms with Crippen molar-refractivity contribution < 1.29 is 31.2 Å². The maximum absolute atomic E-state index is 12.6.